The van der Waals surface area contributed by atoms with Gasteiger partial charge in [0, 0.05) is 18.2 Å². The Morgan fingerprint density at radius 1 is 1.37 bits per heavy atom. The fraction of sp³-hybridized carbons (Fsp3) is 0.214. The van der Waals surface area contributed by atoms with Gasteiger partial charge in [-0.15, -0.1) is 0 Å². The van der Waals surface area contributed by atoms with Crippen LogP contribution in [0.2, 0.25) is 0 Å². The lowest BCUT2D eigenvalue weighted by Crippen LogP contribution is -2.39. The largest absolute Gasteiger partial charge is 0.488 e. The number of hydrazine groups is 1. The van der Waals surface area contributed by atoms with Crippen LogP contribution in [0.4, 0.5) is 4.39 Å². The van der Waals surface area contributed by atoms with Gasteiger partial charge in [-0.3, -0.25) is 10.8 Å². The molecule has 2 atom stereocenters. The van der Waals surface area contributed by atoms with Gasteiger partial charge in [0.2, 0.25) is 0 Å². The molecule has 3 N–H and O–H groups in total. The molecule has 2 aromatic rings. The third-order valence-corrected chi connectivity index (χ3v) is 3.36. The summed E-state index contributed by atoms with van der Waals surface area (Å²) in [6, 6.07) is 9.00. The molecule has 1 aromatic carbocycles. The van der Waals surface area contributed by atoms with E-state index in [1.54, 1.807) is 12.3 Å². The molecule has 4 nitrogen and oxygen atoms in total. The zero-order valence-corrected chi connectivity index (χ0v) is 10.2. The number of rotatable bonds is 3. The van der Waals surface area contributed by atoms with E-state index in [-0.39, 0.29) is 11.9 Å². The normalized spacial score (nSPS) is 18.7. The number of nitrogens with two attached hydrogens (primary N) is 1. The molecule has 0 fully saturated rings. The predicted molar refractivity (Wildman–Crippen MR) is 68.8 cm³/mol. The van der Waals surface area contributed by atoms with Crippen molar-refractivity contribution in [1.82, 2.24) is 10.4 Å². The number of hydrogen-bond donors (Lipinski definition) is 2. The number of halogens is 1. The van der Waals surface area contributed by atoms with Gasteiger partial charge in [0.05, 0.1) is 12.2 Å². The summed E-state index contributed by atoms with van der Waals surface area (Å²) in [5.41, 5.74) is 4.22. The molecule has 3 rings (SSSR count). The summed E-state index contributed by atoms with van der Waals surface area (Å²) in [7, 11) is 0. The van der Waals surface area contributed by atoms with Crippen molar-refractivity contribution in [3.8, 4) is 5.75 Å². The number of nitrogens with zero attached hydrogens (tertiary/aromatic N) is 1. The molecule has 98 valence electrons. The average Bonchev–Trinajstić information content (AvgIpc) is 2.85. The minimum Gasteiger partial charge on any atom is -0.488 e. The second kappa shape index (κ2) is 4.95. The highest BCUT2D eigenvalue weighted by molar-refractivity contribution is 5.38. The van der Waals surface area contributed by atoms with Gasteiger partial charge in [-0.1, -0.05) is 18.2 Å². The standard InChI is InChI=1S/C14H14FN3O/c15-11-8-17-6-5-10(11)14(18-16)13-7-9-3-1-2-4-12(9)19-13/h1-6,8,13-14,18H,7,16H2. The van der Waals surface area contributed by atoms with E-state index >= 15 is 0 Å². The van der Waals surface area contributed by atoms with Gasteiger partial charge in [-0.25, -0.2) is 9.82 Å². The van der Waals surface area contributed by atoms with Crippen LogP contribution in [0.25, 0.3) is 0 Å². The summed E-state index contributed by atoms with van der Waals surface area (Å²) in [5.74, 6) is 6.02. The second-order valence-corrected chi connectivity index (χ2v) is 4.51. The first-order chi connectivity index (χ1) is 9.29. The van der Waals surface area contributed by atoms with Crippen molar-refractivity contribution in [2.24, 2.45) is 5.84 Å². The molecular formula is C14H14FN3O. The Bertz CT molecular complexity index is 565. The van der Waals surface area contributed by atoms with E-state index in [0.717, 1.165) is 11.3 Å². The lowest BCUT2D eigenvalue weighted by atomic mass is 9.99. The number of nitrogens with one attached hydrogen (secondary N) is 1. The van der Waals surface area contributed by atoms with Crippen molar-refractivity contribution >= 4 is 0 Å². The molecule has 2 heterocycles. The molecule has 1 aromatic heterocycles. The molecule has 0 spiro atoms. The van der Waals surface area contributed by atoms with Gasteiger partial charge < -0.3 is 4.74 Å². The van der Waals surface area contributed by atoms with Crippen LogP contribution in [0.3, 0.4) is 0 Å². The first kappa shape index (κ1) is 12.1. The van der Waals surface area contributed by atoms with Crippen LogP contribution < -0.4 is 16.0 Å². The second-order valence-electron chi connectivity index (χ2n) is 4.51. The number of benzene rings is 1. The number of hydrogen-bond acceptors (Lipinski definition) is 4. The van der Waals surface area contributed by atoms with Crippen molar-refractivity contribution in [1.29, 1.82) is 0 Å². The highest BCUT2D eigenvalue weighted by atomic mass is 19.1. The van der Waals surface area contributed by atoms with Crippen LogP contribution in [-0.2, 0) is 6.42 Å². The van der Waals surface area contributed by atoms with E-state index in [4.69, 9.17) is 10.6 Å². The molecule has 1 aliphatic heterocycles. The first-order valence-electron chi connectivity index (χ1n) is 6.09. The first-order valence-corrected chi connectivity index (χ1v) is 6.09. The highest BCUT2D eigenvalue weighted by Gasteiger charge is 2.32. The maximum Gasteiger partial charge on any atom is 0.146 e. The van der Waals surface area contributed by atoms with Gasteiger partial charge >= 0.3 is 0 Å². The SMILES string of the molecule is NNC(c1ccncc1F)C1Cc2ccccc2O1. The van der Waals surface area contributed by atoms with Crippen LogP contribution in [0.1, 0.15) is 17.2 Å². The molecule has 1 aliphatic rings. The number of para-hydroxylation sites is 1. The average molecular weight is 259 g/mol. The van der Waals surface area contributed by atoms with Crippen molar-refractivity contribution in [2.45, 2.75) is 18.6 Å². The van der Waals surface area contributed by atoms with Crippen LogP contribution in [-0.4, -0.2) is 11.1 Å². The molecule has 0 radical (unpaired) electrons. The highest BCUT2D eigenvalue weighted by Crippen LogP contribution is 2.34. The Morgan fingerprint density at radius 2 is 2.21 bits per heavy atom. The van der Waals surface area contributed by atoms with E-state index in [0.29, 0.717) is 12.0 Å². The Morgan fingerprint density at radius 3 is 2.95 bits per heavy atom. The quantitative estimate of drug-likeness (QED) is 0.651. The third-order valence-electron chi connectivity index (χ3n) is 3.36. The molecule has 0 saturated heterocycles. The van der Waals surface area contributed by atoms with E-state index in [1.165, 1.54) is 6.20 Å². The van der Waals surface area contributed by atoms with Gasteiger partial charge in [0.15, 0.2) is 0 Å². The van der Waals surface area contributed by atoms with Crippen LogP contribution in [0.5, 0.6) is 5.75 Å². The molecule has 0 amide bonds. The summed E-state index contributed by atoms with van der Waals surface area (Å²) < 4.78 is 19.6. The minimum absolute atomic E-state index is 0.223. The summed E-state index contributed by atoms with van der Waals surface area (Å²) >= 11 is 0. The van der Waals surface area contributed by atoms with Gasteiger partial charge in [-0.05, 0) is 17.7 Å². The minimum atomic E-state index is -0.407. The fourth-order valence-corrected chi connectivity index (χ4v) is 2.43. The number of aromatic nitrogens is 1. The van der Waals surface area contributed by atoms with Crippen molar-refractivity contribution in [2.75, 3.05) is 0 Å². The lowest BCUT2D eigenvalue weighted by Gasteiger charge is -2.23. The summed E-state index contributed by atoms with van der Waals surface area (Å²) in [6.07, 6.45) is 3.21. The van der Waals surface area contributed by atoms with E-state index in [1.807, 2.05) is 24.3 Å². The molecule has 2 unspecified atom stereocenters. The zero-order chi connectivity index (χ0) is 13.2. The zero-order valence-electron chi connectivity index (χ0n) is 10.2. The number of pyridine rings is 1. The molecular weight excluding hydrogens is 245 g/mol. The Kier molecular flexibility index (Phi) is 3.15. The maximum absolute atomic E-state index is 13.8. The Labute approximate surface area is 110 Å². The van der Waals surface area contributed by atoms with Gasteiger partial charge in [0.25, 0.3) is 0 Å². The molecule has 19 heavy (non-hydrogen) atoms. The van der Waals surface area contributed by atoms with Crippen molar-refractivity contribution in [3.05, 3.63) is 59.7 Å². The third kappa shape index (κ3) is 2.18. The van der Waals surface area contributed by atoms with Gasteiger partial charge in [0.1, 0.15) is 17.7 Å². The summed E-state index contributed by atoms with van der Waals surface area (Å²) in [4.78, 5) is 3.74. The van der Waals surface area contributed by atoms with Crippen molar-refractivity contribution < 1.29 is 9.13 Å². The topological polar surface area (TPSA) is 60.2 Å². The lowest BCUT2D eigenvalue weighted by molar-refractivity contribution is 0.176. The summed E-state index contributed by atoms with van der Waals surface area (Å²) in [5, 5.41) is 0. The van der Waals surface area contributed by atoms with E-state index in [2.05, 4.69) is 10.4 Å². The fourth-order valence-electron chi connectivity index (χ4n) is 2.43. The number of ether oxygens (including phenoxy) is 1. The number of fused-ring (bicyclic) bond motifs is 1. The maximum atomic E-state index is 13.8. The van der Waals surface area contributed by atoms with Gasteiger partial charge in [-0.2, -0.15) is 0 Å². The monoisotopic (exact) mass is 259 g/mol. The molecule has 0 aliphatic carbocycles. The Balaban J connectivity index is 1.88. The van der Waals surface area contributed by atoms with Crippen LogP contribution >= 0.6 is 0 Å². The molecule has 0 bridgehead atoms. The molecule has 0 saturated carbocycles. The van der Waals surface area contributed by atoms with Crippen molar-refractivity contribution in [3.63, 3.8) is 0 Å². The smallest absolute Gasteiger partial charge is 0.146 e. The summed E-state index contributed by atoms with van der Waals surface area (Å²) in [6.45, 7) is 0. The van der Waals surface area contributed by atoms with Crippen LogP contribution in [0, 0.1) is 5.82 Å². The van der Waals surface area contributed by atoms with Crippen LogP contribution in [0.15, 0.2) is 42.7 Å². The predicted octanol–water partition coefficient (Wildman–Crippen LogP) is 1.73. The Hall–Kier alpha value is -1.98. The van der Waals surface area contributed by atoms with E-state index < -0.39 is 6.04 Å². The van der Waals surface area contributed by atoms with E-state index in [9.17, 15) is 4.39 Å². The molecule has 5 heteroatoms.